The first-order valence-electron chi connectivity index (χ1n) is 5.43. The Balaban J connectivity index is 3.22. The average molecular weight is 290 g/mol. The van der Waals surface area contributed by atoms with Crippen molar-refractivity contribution in [2.45, 2.75) is 25.1 Å². The maximum atomic E-state index is 12.9. The first-order chi connectivity index (χ1) is 9.08. The fourth-order valence-electron chi connectivity index (χ4n) is 1.58. The molecule has 0 heterocycles. The third kappa shape index (κ3) is 3.88. The van der Waals surface area contributed by atoms with Gasteiger partial charge in [0.2, 0.25) is 0 Å². The van der Waals surface area contributed by atoms with Crippen molar-refractivity contribution in [2.75, 3.05) is 0 Å². The third-order valence-corrected chi connectivity index (χ3v) is 2.62. The normalized spacial score (nSPS) is 14.5. The van der Waals surface area contributed by atoms with Crippen LogP contribution in [0.4, 0.5) is 13.2 Å². The molecule has 0 spiro atoms. The van der Waals surface area contributed by atoms with Crippen LogP contribution in [-0.4, -0.2) is 29.3 Å². The minimum Gasteiger partial charge on any atom is -0.537 e. The Hall–Kier alpha value is -1.74. The Morgan fingerprint density at radius 1 is 1.45 bits per heavy atom. The summed E-state index contributed by atoms with van der Waals surface area (Å²) in [5.74, 6) is -1.63. The van der Waals surface area contributed by atoms with Crippen molar-refractivity contribution < 1.29 is 32.8 Å². The summed E-state index contributed by atoms with van der Waals surface area (Å²) in [5.41, 5.74) is 2.30. The van der Waals surface area contributed by atoms with Gasteiger partial charge >= 0.3 is 19.8 Å². The van der Waals surface area contributed by atoms with Crippen molar-refractivity contribution in [1.82, 2.24) is 0 Å². The van der Waals surface area contributed by atoms with Crippen LogP contribution in [0.25, 0.3) is 0 Å². The van der Waals surface area contributed by atoms with Gasteiger partial charge in [-0.15, -0.1) is 0 Å². The van der Waals surface area contributed by atoms with Gasteiger partial charge in [-0.3, -0.25) is 4.79 Å². The van der Waals surface area contributed by atoms with Gasteiger partial charge in [0.05, 0.1) is 5.56 Å². The SMILES string of the molecule is C[C@@](N)(Cc1ccc(O[B]O)cc1C(F)(F)F)C(=O)O. The fourth-order valence-corrected chi connectivity index (χ4v) is 1.58. The highest BCUT2D eigenvalue weighted by atomic mass is 19.4. The first kappa shape index (κ1) is 16.3. The van der Waals surface area contributed by atoms with E-state index in [1.165, 1.54) is 6.07 Å². The van der Waals surface area contributed by atoms with Gasteiger partial charge in [0.25, 0.3) is 0 Å². The summed E-state index contributed by atoms with van der Waals surface area (Å²) in [4.78, 5) is 10.9. The average Bonchev–Trinajstić information content (AvgIpc) is 2.29. The van der Waals surface area contributed by atoms with Crippen molar-refractivity contribution in [3.05, 3.63) is 29.3 Å². The molecule has 109 valence electrons. The van der Waals surface area contributed by atoms with Gasteiger partial charge < -0.3 is 20.5 Å². The van der Waals surface area contributed by atoms with Crippen molar-refractivity contribution in [3.63, 3.8) is 0 Å². The van der Waals surface area contributed by atoms with Crippen LogP contribution in [0.2, 0.25) is 0 Å². The molecule has 0 saturated heterocycles. The molecule has 0 bridgehead atoms. The molecule has 0 aliphatic heterocycles. The number of carboxylic acids is 1. The van der Waals surface area contributed by atoms with E-state index in [0.717, 1.165) is 13.0 Å². The lowest BCUT2D eigenvalue weighted by molar-refractivity contribution is -0.144. The van der Waals surface area contributed by atoms with Crippen LogP contribution >= 0.6 is 0 Å². The molecule has 1 rings (SSSR count). The largest absolute Gasteiger partial charge is 0.569 e. The van der Waals surface area contributed by atoms with Crippen LogP contribution in [-0.2, 0) is 17.4 Å². The Bertz CT molecular complexity index is 505. The van der Waals surface area contributed by atoms with Crippen molar-refractivity contribution in [3.8, 4) is 5.75 Å². The molecule has 20 heavy (non-hydrogen) atoms. The number of halogens is 3. The molecule has 1 radical (unpaired) electrons. The molecule has 0 amide bonds. The lowest BCUT2D eigenvalue weighted by Crippen LogP contribution is -2.47. The maximum absolute atomic E-state index is 12.9. The van der Waals surface area contributed by atoms with E-state index < -0.39 is 29.7 Å². The highest BCUT2D eigenvalue weighted by Gasteiger charge is 2.37. The molecule has 5 nitrogen and oxygen atoms in total. The van der Waals surface area contributed by atoms with Gasteiger partial charge in [-0.05, 0) is 24.6 Å². The second-order valence-corrected chi connectivity index (χ2v) is 4.44. The second-order valence-electron chi connectivity index (χ2n) is 4.44. The monoisotopic (exact) mass is 290 g/mol. The highest BCUT2D eigenvalue weighted by Crippen LogP contribution is 2.35. The smallest absolute Gasteiger partial charge is 0.537 e. The maximum Gasteiger partial charge on any atom is 0.569 e. The Kier molecular flexibility index (Phi) is 4.67. The molecule has 0 unspecified atom stereocenters. The standard InChI is InChI=1S/C11H12BF3NO4/c1-10(16,9(17)18)5-6-2-3-7(20-12-19)4-8(6)11(13,14)15/h2-4,19H,5,16H2,1H3,(H,17,18)/t10-/m1/s1. The molecule has 0 fully saturated rings. The number of hydrogen-bond acceptors (Lipinski definition) is 4. The number of alkyl halides is 3. The van der Waals surface area contributed by atoms with Gasteiger partial charge in [0.1, 0.15) is 11.3 Å². The van der Waals surface area contributed by atoms with Gasteiger partial charge in [0.15, 0.2) is 0 Å². The molecule has 0 aliphatic rings. The molecule has 0 aliphatic carbocycles. The van der Waals surface area contributed by atoms with Gasteiger partial charge in [-0.25, -0.2) is 0 Å². The van der Waals surface area contributed by atoms with E-state index in [9.17, 15) is 18.0 Å². The molecule has 0 aromatic heterocycles. The van der Waals surface area contributed by atoms with Gasteiger partial charge in [-0.1, -0.05) is 6.07 Å². The molecule has 4 N–H and O–H groups in total. The van der Waals surface area contributed by atoms with Crippen LogP contribution < -0.4 is 10.4 Å². The van der Waals surface area contributed by atoms with Crippen molar-refractivity contribution in [2.24, 2.45) is 5.73 Å². The van der Waals surface area contributed by atoms with E-state index in [1.807, 2.05) is 0 Å². The summed E-state index contributed by atoms with van der Waals surface area (Å²) in [6.45, 7) is 1.13. The summed E-state index contributed by atoms with van der Waals surface area (Å²) < 4.78 is 43.2. The zero-order valence-corrected chi connectivity index (χ0v) is 10.4. The van der Waals surface area contributed by atoms with Crippen molar-refractivity contribution >= 4 is 13.7 Å². The molecule has 1 aromatic rings. The third-order valence-electron chi connectivity index (χ3n) is 2.62. The van der Waals surface area contributed by atoms with E-state index in [1.54, 1.807) is 0 Å². The van der Waals surface area contributed by atoms with E-state index in [-0.39, 0.29) is 19.0 Å². The topological polar surface area (TPSA) is 92.8 Å². The summed E-state index contributed by atoms with van der Waals surface area (Å²) in [7, 11) is 0.249. The highest BCUT2D eigenvalue weighted by molar-refractivity contribution is 6.17. The van der Waals surface area contributed by atoms with E-state index >= 15 is 0 Å². The quantitative estimate of drug-likeness (QED) is 0.702. The molecular formula is C11H12BF3NO4. The zero-order chi connectivity index (χ0) is 15.6. The Labute approximate surface area is 113 Å². The summed E-state index contributed by atoms with van der Waals surface area (Å²) >= 11 is 0. The van der Waals surface area contributed by atoms with E-state index in [4.69, 9.17) is 15.9 Å². The van der Waals surface area contributed by atoms with Crippen LogP contribution in [0.1, 0.15) is 18.1 Å². The number of aliphatic carboxylic acids is 1. The van der Waals surface area contributed by atoms with E-state index in [2.05, 4.69) is 4.65 Å². The lowest BCUT2D eigenvalue weighted by atomic mass is 9.91. The molecule has 0 saturated carbocycles. The first-order valence-corrected chi connectivity index (χ1v) is 5.43. The lowest BCUT2D eigenvalue weighted by Gasteiger charge is -2.22. The van der Waals surface area contributed by atoms with Crippen LogP contribution in [0, 0.1) is 0 Å². The summed E-state index contributed by atoms with van der Waals surface area (Å²) in [5, 5.41) is 17.3. The van der Waals surface area contributed by atoms with Crippen LogP contribution in [0.3, 0.4) is 0 Å². The van der Waals surface area contributed by atoms with Crippen molar-refractivity contribution in [1.29, 1.82) is 0 Å². The van der Waals surface area contributed by atoms with Gasteiger partial charge in [-0.2, -0.15) is 13.2 Å². The summed E-state index contributed by atoms with van der Waals surface area (Å²) in [6.07, 6.45) is -5.20. The number of carboxylic acid groups (broad SMARTS) is 1. The van der Waals surface area contributed by atoms with Crippen LogP contribution in [0.5, 0.6) is 5.75 Å². The van der Waals surface area contributed by atoms with Crippen LogP contribution in [0.15, 0.2) is 18.2 Å². The minimum absolute atomic E-state index is 0.224. The summed E-state index contributed by atoms with van der Waals surface area (Å²) in [6, 6.07) is 2.91. The zero-order valence-electron chi connectivity index (χ0n) is 10.4. The minimum atomic E-state index is -4.70. The predicted octanol–water partition coefficient (Wildman–Crippen LogP) is 0.955. The number of rotatable bonds is 5. The molecule has 1 aromatic carbocycles. The number of hydrogen-bond donors (Lipinski definition) is 3. The molecule has 9 heteroatoms. The Morgan fingerprint density at radius 2 is 2.05 bits per heavy atom. The second kappa shape index (κ2) is 5.72. The number of benzene rings is 1. The van der Waals surface area contributed by atoms with E-state index in [0.29, 0.717) is 6.07 Å². The number of nitrogens with two attached hydrogens (primary N) is 1. The fraction of sp³-hybridized carbons (Fsp3) is 0.364. The number of carbonyl (C=O) groups is 1. The van der Waals surface area contributed by atoms with Gasteiger partial charge in [0, 0.05) is 6.42 Å². The Morgan fingerprint density at radius 3 is 2.50 bits per heavy atom. The predicted molar refractivity (Wildman–Crippen MR) is 64.0 cm³/mol. The molecular weight excluding hydrogens is 278 g/mol. The molecule has 1 atom stereocenters.